The maximum Gasteiger partial charge on any atom is 0.182 e. The van der Waals surface area contributed by atoms with Crippen LogP contribution in [0.2, 0.25) is 0 Å². The van der Waals surface area contributed by atoms with Crippen molar-refractivity contribution in [1.82, 2.24) is 0 Å². The Labute approximate surface area is 197 Å². The molecule has 0 amide bonds. The molecule has 176 valence electrons. The number of unbranched alkanes of at least 4 members (excludes halogenated alkanes) is 2. The van der Waals surface area contributed by atoms with E-state index < -0.39 is 0 Å². The largest absolute Gasteiger partial charge is 0.508 e. The minimum atomic E-state index is -0.308. The van der Waals surface area contributed by atoms with Gasteiger partial charge in [-0.25, -0.2) is 0 Å². The summed E-state index contributed by atoms with van der Waals surface area (Å²) in [6.07, 6.45) is 11.6. The first-order valence-corrected chi connectivity index (χ1v) is 11.4. The van der Waals surface area contributed by atoms with Crippen LogP contribution in [0.5, 0.6) is 17.2 Å². The van der Waals surface area contributed by atoms with Gasteiger partial charge in [-0.2, -0.15) is 0 Å². The number of aliphatic hydroxyl groups is 1. The Morgan fingerprint density at radius 2 is 1.48 bits per heavy atom. The second kappa shape index (κ2) is 14.6. The maximum absolute atomic E-state index is 12.1. The van der Waals surface area contributed by atoms with Crippen molar-refractivity contribution < 1.29 is 24.1 Å². The maximum atomic E-state index is 12.1. The van der Waals surface area contributed by atoms with E-state index in [1.165, 1.54) is 18.2 Å². The third kappa shape index (κ3) is 9.69. The Balaban J connectivity index is 1.93. The van der Waals surface area contributed by atoms with Crippen molar-refractivity contribution in [2.45, 2.75) is 39.5 Å². The van der Waals surface area contributed by atoms with Gasteiger partial charge in [0.2, 0.25) is 0 Å². The summed E-state index contributed by atoms with van der Waals surface area (Å²) in [5, 5.41) is 10.1. The van der Waals surface area contributed by atoms with Gasteiger partial charge in [0, 0.05) is 6.08 Å². The van der Waals surface area contributed by atoms with Crippen LogP contribution in [0.3, 0.4) is 0 Å². The number of hydrogen-bond acceptors (Lipinski definition) is 5. The molecule has 0 aromatic heterocycles. The predicted octanol–water partition coefficient (Wildman–Crippen LogP) is 6.79. The molecule has 33 heavy (non-hydrogen) atoms. The first kappa shape index (κ1) is 25.8. The van der Waals surface area contributed by atoms with E-state index in [1.54, 1.807) is 19.3 Å². The number of allylic oxidation sites excluding steroid dienone is 3. The number of ether oxygens (including phenoxy) is 3. The highest BCUT2D eigenvalue weighted by molar-refractivity contribution is 6.02. The molecule has 2 rings (SSSR count). The number of carbonyl (C=O) groups excluding carboxylic acids is 1. The molecule has 0 spiro atoms. The summed E-state index contributed by atoms with van der Waals surface area (Å²) in [5.74, 6) is 1.68. The SMILES string of the molecule is CCCCOc1ccc(/C=C/C(=O)C=C(O)/C=C/c2ccc(OCCCC)c(OC)c2)cc1. The molecule has 0 atom stereocenters. The fourth-order valence-electron chi connectivity index (χ4n) is 2.85. The monoisotopic (exact) mass is 450 g/mol. The number of methoxy groups -OCH3 is 1. The van der Waals surface area contributed by atoms with Gasteiger partial charge in [0.1, 0.15) is 11.5 Å². The van der Waals surface area contributed by atoms with E-state index in [4.69, 9.17) is 14.2 Å². The van der Waals surface area contributed by atoms with Crippen LogP contribution >= 0.6 is 0 Å². The smallest absolute Gasteiger partial charge is 0.182 e. The lowest BCUT2D eigenvalue weighted by atomic mass is 10.1. The number of ketones is 1. The molecule has 1 N–H and O–H groups in total. The minimum absolute atomic E-state index is 0.133. The fraction of sp³-hybridized carbons (Fsp3) is 0.321. The standard InChI is InChI=1S/C28H34O5/c1-4-6-18-32-26-15-10-22(11-16-26)8-13-24(29)21-25(30)14-9-23-12-17-27(28(20-23)31-3)33-19-7-5-2/h8-17,20-21,30H,4-7,18-19H2,1-3H3/b13-8+,14-9+,25-21?. The average Bonchev–Trinajstić information content (AvgIpc) is 2.83. The Kier molecular flexibility index (Phi) is 11.4. The quantitative estimate of drug-likeness (QED) is 0.149. The van der Waals surface area contributed by atoms with Crippen LogP contribution in [0.15, 0.2) is 66.5 Å². The van der Waals surface area contributed by atoms with Gasteiger partial charge in [-0.3, -0.25) is 4.79 Å². The summed E-state index contributed by atoms with van der Waals surface area (Å²) in [6.45, 7) is 5.57. The van der Waals surface area contributed by atoms with E-state index in [0.717, 1.165) is 42.6 Å². The summed E-state index contributed by atoms with van der Waals surface area (Å²) in [6, 6.07) is 13.1. The molecular formula is C28H34O5. The second-order valence-corrected chi connectivity index (χ2v) is 7.52. The summed E-state index contributed by atoms with van der Waals surface area (Å²) in [7, 11) is 1.59. The van der Waals surface area contributed by atoms with Crippen LogP contribution < -0.4 is 14.2 Å². The van der Waals surface area contributed by atoms with Gasteiger partial charge in [0.15, 0.2) is 17.3 Å². The molecule has 0 aliphatic rings. The van der Waals surface area contributed by atoms with Crippen molar-refractivity contribution in [2.75, 3.05) is 20.3 Å². The van der Waals surface area contributed by atoms with Crippen LogP contribution in [0.4, 0.5) is 0 Å². The molecule has 5 heteroatoms. The lowest BCUT2D eigenvalue weighted by Gasteiger charge is -2.10. The number of aliphatic hydroxyl groups excluding tert-OH is 1. The van der Waals surface area contributed by atoms with Crippen molar-refractivity contribution in [3.05, 3.63) is 77.6 Å². The van der Waals surface area contributed by atoms with E-state index >= 15 is 0 Å². The Bertz CT molecular complexity index is 955. The van der Waals surface area contributed by atoms with Crippen molar-refractivity contribution in [1.29, 1.82) is 0 Å². The Morgan fingerprint density at radius 3 is 2.15 bits per heavy atom. The van der Waals surface area contributed by atoms with Gasteiger partial charge in [-0.15, -0.1) is 0 Å². The van der Waals surface area contributed by atoms with Crippen molar-refractivity contribution in [3.8, 4) is 17.2 Å². The molecule has 0 radical (unpaired) electrons. The first-order valence-electron chi connectivity index (χ1n) is 11.4. The molecule has 2 aromatic rings. The molecular weight excluding hydrogens is 416 g/mol. The third-order valence-electron chi connectivity index (χ3n) is 4.77. The molecule has 0 saturated carbocycles. The summed E-state index contributed by atoms with van der Waals surface area (Å²) >= 11 is 0. The molecule has 0 unspecified atom stereocenters. The predicted molar refractivity (Wildman–Crippen MR) is 134 cm³/mol. The lowest BCUT2D eigenvalue weighted by Crippen LogP contribution is -1.98. The molecule has 0 aliphatic carbocycles. The number of benzene rings is 2. The fourth-order valence-corrected chi connectivity index (χ4v) is 2.85. The molecule has 0 bridgehead atoms. The normalized spacial score (nSPS) is 11.8. The van der Waals surface area contributed by atoms with Crippen LogP contribution in [-0.4, -0.2) is 31.2 Å². The average molecular weight is 451 g/mol. The summed E-state index contributed by atoms with van der Waals surface area (Å²) in [4.78, 5) is 12.1. The van der Waals surface area contributed by atoms with Crippen LogP contribution in [-0.2, 0) is 4.79 Å². The highest BCUT2D eigenvalue weighted by Gasteiger charge is 2.05. The zero-order valence-corrected chi connectivity index (χ0v) is 19.8. The summed E-state index contributed by atoms with van der Waals surface area (Å²) in [5.41, 5.74) is 1.70. The minimum Gasteiger partial charge on any atom is -0.508 e. The van der Waals surface area contributed by atoms with E-state index in [2.05, 4.69) is 13.8 Å². The molecule has 0 fully saturated rings. The third-order valence-corrected chi connectivity index (χ3v) is 4.77. The van der Waals surface area contributed by atoms with Gasteiger partial charge in [0.05, 0.1) is 20.3 Å². The van der Waals surface area contributed by atoms with Gasteiger partial charge >= 0.3 is 0 Å². The Morgan fingerprint density at radius 1 is 0.848 bits per heavy atom. The molecule has 0 saturated heterocycles. The number of hydrogen-bond donors (Lipinski definition) is 1. The van der Waals surface area contributed by atoms with Gasteiger partial charge < -0.3 is 19.3 Å². The van der Waals surface area contributed by atoms with Gasteiger partial charge in [-0.05, 0) is 60.4 Å². The molecule has 0 aliphatic heterocycles. The molecule has 0 heterocycles. The Hall–Kier alpha value is -3.47. The van der Waals surface area contributed by atoms with E-state index in [9.17, 15) is 9.90 Å². The number of carbonyl (C=O) groups is 1. The van der Waals surface area contributed by atoms with Crippen molar-refractivity contribution in [2.24, 2.45) is 0 Å². The van der Waals surface area contributed by atoms with Crippen molar-refractivity contribution in [3.63, 3.8) is 0 Å². The lowest BCUT2D eigenvalue weighted by molar-refractivity contribution is -0.110. The van der Waals surface area contributed by atoms with Crippen LogP contribution in [0.1, 0.15) is 50.7 Å². The van der Waals surface area contributed by atoms with E-state index in [-0.39, 0.29) is 11.5 Å². The van der Waals surface area contributed by atoms with Gasteiger partial charge in [-0.1, -0.05) is 57.0 Å². The highest BCUT2D eigenvalue weighted by atomic mass is 16.5. The summed E-state index contributed by atoms with van der Waals surface area (Å²) < 4.78 is 16.7. The van der Waals surface area contributed by atoms with E-state index in [0.29, 0.717) is 24.7 Å². The first-order chi connectivity index (χ1) is 16.0. The van der Waals surface area contributed by atoms with Crippen LogP contribution in [0, 0.1) is 0 Å². The second-order valence-electron chi connectivity index (χ2n) is 7.52. The number of rotatable bonds is 14. The molecule has 5 nitrogen and oxygen atoms in total. The van der Waals surface area contributed by atoms with Crippen LogP contribution in [0.25, 0.3) is 12.2 Å². The van der Waals surface area contributed by atoms with Gasteiger partial charge in [0.25, 0.3) is 0 Å². The highest BCUT2D eigenvalue weighted by Crippen LogP contribution is 2.29. The zero-order chi connectivity index (χ0) is 23.9. The van der Waals surface area contributed by atoms with E-state index in [1.807, 2.05) is 42.5 Å². The van der Waals surface area contributed by atoms with Crippen molar-refractivity contribution >= 4 is 17.9 Å². The topological polar surface area (TPSA) is 65.0 Å². The molecule has 2 aromatic carbocycles. The zero-order valence-electron chi connectivity index (χ0n) is 19.8.